The lowest BCUT2D eigenvalue weighted by Gasteiger charge is -2.63. The van der Waals surface area contributed by atoms with Crippen molar-refractivity contribution >= 4 is 0 Å². The normalized spacial score (nSPS) is 40.2. The SMILES string of the molecule is CC(C)C(C)(O)CNC1C2CCOC2C12CCC2. The fourth-order valence-electron chi connectivity index (χ4n) is 4.08. The number of aliphatic hydroxyl groups is 1. The van der Waals surface area contributed by atoms with Gasteiger partial charge in [0.15, 0.2) is 0 Å². The Morgan fingerprint density at radius 3 is 2.72 bits per heavy atom. The van der Waals surface area contributed by atoms with Crippen molar-refractivity contribution in [2.24, 2.45) is 17.3 Å². The number of hydrogen-bond donors (Lipinski definition) is 2. The van der Waals surface area contributed by atoms with E-state index in [0.717, 1.165) is 6.61 Å². The minimum Gasteiger partial charge on any atom is -0.389 e. The van der Waals surface area contributed by atoms with E-state index in [4.69, 9.17) is 4.74 Å². The maximum Gasteiger partial charge on any atom is 0.0766 e. The summed E-state index contributed by atoms with van der Waals surface area (Å²) in [5.74, 6) is 0.992. The fraction of sp³-hybridized carbons (Fsp3) is 1.00. The van der Waals surface area contributed by atoms with Crippen LogP contribution in [0.2, 0.25) is 0 Å². The molecule has 1 heterocycles. The molecule has 0 bridgehead atoms. The highest BCUT2D eigenvalue weighted by Crippen LogP contribution is 2.62. The summed E-state index contributed by atoms with van der Waals surface area (Å²) in [4.78, 5) is 0. The zero-order valence-corrected chi connectivity index (χ0v) is 11.9. The van der Waals surface area contributed by atoms with Crippen LogP contribution in [0.15, 0.2) is 0 Å². The molecule has 3 aliphatic rings. The van der Waals surface area contributed by atoms with Gasteiger partial charge < -0.3 is 15.2 Å². The zero-order chi connectivity index (χ0) is 13.0. The van der Waals surface area contributed by atoms with Crippen LogP contribution in [0.25, 0.3) is 0 Å². The Kier molecular flexibility index (Phi) is 3.00. The van der Waals surface area contributed by atoms with Crippen LogP contribution in [0.4, 0.5) is 0 Å². The predicted molar refractivity (Wildman–Crippen MR) is 71.4 cm³/mol. The molecule has 0 aromatic heterocycles. The molecule has 2 saturated carbocycles. The highest BCUT2D eigenvalue weighted by molar-refractivity contribution is 5.18. The zero-order valence-electron chi connectivity index (χ0n) is 11.9. The summed E-state index contributed by atoms with van der Waals surface area (Å²) >= 11 is 0. The van der Waals surface area contributed by atoms with Gasteiger partial charge in [0.2, 0.25) is 0 Å². The second-order valence-corrected chi connectivity index (χ2v) is 7.20. The van der Waals surface area contributed by atoms with Crippen molar-refractivity contribution in [1.29, 1.82) is 0 Å². The van der Waals surface area contributed by atoms with Gasteiger partial charge in [0.1, 0.15) is 0 Å². The molecule has 0 aromatic carbocycles. The van der Waals surface area contributed by atoms with Gasteiger partial charge in [0, 0.05) is 30.5 Å². The van der Waals surface area contributed by atoms with Crippen LogP contribution in [0, 0.1) is 17.3 Å². The predicted octanol–water partition coefficient (Wildman–Crippen LogP) is 1.94. The van der Waals surface area contributed by atoms with Gasteiger partial charge in [-0.05, 0) is 32.1 Å². The minimum atomic E-state index is -0.602. The number of hydrogen-bond acceptors (Lipinski definition) is 3. The molecule has 4 atom stereocenters. The van der Waals surface area contributed by atoms with Gasteiger partial charge in [-0.2, -0.15) is 0 Å². The van der Waals surface area contributed by atoms with E-state index >= 15 is 0 Å². The van der Waals surface area contributed by atoms with Crippen LogP contribution in [-0.4, -0.2) is 36.0 Å². The molecule has 3 fully saturated rings. The average molecular weight is 253 g/mol. The Bertz CT molecular complexity index is 322. The van der Waals surface area contributed by atoms with E-state index in [1.165, 1.54) is 25.7 Å². The first kappa shape index (κ1) is 12.9. The lowest BCUT2D eigenvalue weighted by molar-refractivity contribution is -0.179. The molecule has 1 spiro atoms. The van der Waals surface area contributed by atoms with Gasteiger partial charge in [0.25, 0.3) is 0 Å². The van der Waals surface area contributed by atoms with Crippen molar-refractivity contribution in [2.75, 3.05) is 13.2 Å². The van der Waals surface area contributed by atoms with E-state index in [0.29, 0.717) is 30.0 Å². The van der Waals surface area contributed by atoms with Gasteiger partial charge in [0.05, 0.1) is 11.7 Å². The smallest absolute Gasteiger partial charge is 0.0766 e. The van der Waals surface area contributed by atoms with Crippen molar-refractivity contribution in [3.8, 4) is 0 Å². The number of fused-ring (bicyclic) bond motifs is 2. The van der Waals surface area contributed by atoms with Crippen molar-refractivity contribution in [3.05, 3.63) is 0 Å². The summed E-state index contributed by atoms with van der Waals surface area (Å²) in [5.41, 5.74) is -0.177. The first-order chi connectivity index (χ1) is 8.47. The molecule has 18 heavy (non-hydrogen) atoms. The van der Waals surface area contributed by atoms with Gasteiger partial charge in [-0.15, -0.1) is 0 Å². The summed E-state index contributed by atoms with van der Waals surface area (Å²) in [6, 6.07) is 0.587. The quantitative estimate of drug-likeness (QED) is 0.804. The molecular weight excluding hydrogens is 226 g/mol. The standard InChI is InChI=1S/C15H27NO2/c1-10(2)14(3,17)9-16-12-11-5-8-18-13(11)15(12)6-4-7-15/h10-13,16-17H,4-9H2,1-3H3. The van der Waals surface area contributed by atoms with Crippen LogP contribution >= 0.6 is 0 Å². The molecule has 104 valence electrons. The molecule has 2 aliphatic carbocycles. The van der Waals surface area contributed by atoms with Gasteiger partial charge in [-0.3, -0.25) is 0 Å². The molecule has 4 unspecified atom stereocenters. The van der Waals surface area contributed by atoms with Gasteiger partial charge in [-0.25, -0.2) is 0 Å². The van der Waals surface area contributed by atoms with Crippen LogP contribution in [0.1, 0.15) is 46.5 Å². The number of nitrogens with one attached hydrogen (secondary N) is 1. The van der Waals surface area contributed by atoms with E-state index in [9.17, 15) is 5.11 Å². The van der Waals surface area contributed by atoms with Crippen LogP contribution < -0.4 is 5.32 Å². The number of ether oxygens (including phenoxy) is 1. The summed E-state index contributed by atoms with van der Waals surface area (Å²) in [7, 11) is 0. The van der Waals surface area contributed by atoms with Gasteiger partial charge in [-0.1, -0.05) is 20.3 Å². The minimum absolute atomic E-state index is 0.290. The molecular formula is C15H27NO2. The summed E-state index contributed by atoms with van der Waals surface area (Å²) < 4.78 is 5.92. The summed E-state index contributed by atoms with van der Waals surface area (Å²) in [5, 5.41) is 14.0. The topological polar surface area (TPSA) is 41.5 Å². The Morgan fingerprint density at radius 1 is 1.44 bits per heavy atom. The molecule has 3 rings (SSSR count). The van der Waals surface area contributed by atoms with Crippen LogP contribution in [0.5, 0.6) is 0 Å². The Morgan fingerprint density at radius 2 is 2.17 bits per heavy atom. The van der Waals surface area contributed by atoms with Crippen LogP contribution in [0.3, 0.4) is 0 Å². The third kappa shape index (κ3) is 1.67. The lowest BCUT2D eigenvalue weighted by Crippen LogP contribution is -2.72. The molecule has 3 nitrogen and oxygen atoms in total. The highest BCUT2D eigenvalue weighted by atomic mass is 16.5. The molecule has 3 heteroatoms. The molecule has 1 saturated heterocycles. The summed E-state index contributed by atoms with van der Waals surface area (Å²) in [6.45, 7) is 7.77. The van der Waals surface area contributed by atoms with E-state index in [2.05, 4.69) is 19.2 Å². The van der Waals surface area contributed by atoms with Gasteiger partial charge >= 0.3 is 0 Å². The fourth-order valence-corrected chi connectivity index (χ4v) is 4.08. The molecule has 0 amide bonds. The molecule has 1 aliphatic heterocycles. The maximum atomic E-state index is 10.4. The van der Waals surface area contributed by atoms with E-state index in [-0.39, 0.29) is 5.92 Å². The Labute approximate surface area is 110 Å². The average Bonchev–Trinajstić information content (AvgIpc) is 2.61. The second-order valence-electron chi connectivity index (χ2n) is 7.20. The first-order valence-corrected chi connectivity index (χ1v) is 7.55. The van der Waals surface area contributed by atoms with Crippen molar-refractivity contribution in [1.82, 2.24) is 5.32 Å². The monoisotopic (exact) mass is 253 g/mol. The number of rotatable bonds is 4. The third-order valence-electron chi connectivity index (χ3n) is 5.96. The van der Waals surface area contributed by atoms with E-state index in [1.54, 1.807) is 0 Å². The Hall–Kier alpha value is -0.120. The van der Waals surface area contributed by atoms with E-state index in [1.807, 2.05) is 6.92 Å². The maximum absolute atomic E-state index is 10.4. The molecule has 0 radical (unpaired) electrons. The molecule has 2 N–H and O–H groups in total. The highest BCUT2D eigenvalue weighted by Gasteiger charge is 2.66. The van der Waals surface area contributed by atoms with Crippen LogP contribution in [-0.2, 0) is 4.74 Å². The first-order valence-electron chi connectivity index (χ1n) is 7.55. The largest absolute Gasteiger partial charge is 0.389 e. The lowest BCUT2D eigenvalue weighted by atomic mass is 9.46. The summed E-state index contributed by atoms with van der Waals surface area (Å²) in [6.07, 6.45) is 5.71. The third-order valence-corrected chi connectivity index (χ3v) is 5.96. The van der Waals surface area contributed by atoms with Crippen molar-refractivity contribution in [3.63, 3.8) is 0 Å². The molecule has 0 aromatic rings. The Balaban J connectivity index is 1.62. The van der Waals surface area contributed by atoms with Crippen molar-refractivity contribution in [2.45, 2.75) is 64.2 Å². The second kappa shape index (κ2) is 4.19. The van der Waals surface area contributed by atoms with Crippen molar-refractivity contribution < 1.29 is 9.84 Å². The van der Waals surface area contributed by atoms with E-state index < -0.39 is 5.60 Å².